The Hall–Kier alpha value is -3.28. The Morgan fingerprint density at radius 3 is 2.35 bits per heavy atom. The summed E-state index contributed by atoms with van der Waals surface area (Å²) >= 11 is 0. The van der Waals surface area contributed by atoms with Crippen molar-refractivity contribution in [3.05, 3.63) is 65.9 Å². The first-order valence-corrected chi connectivity index (χ1v) is 10.7. The van der Waals surface area contributed by atoms with E-state index in [0.29, 0.717) is 12.2 Å². The fourth-order valence-electron chi connectivity index (χ4n) is 4.07. The van der Waals surface area contributed by atoms with Crippen molar-refractivity contribution in [1.82, 2.24) is 10.1 Å². The van der Waals surface area contributed by atoms with Crippen molar-refractivity contribution < 1.29 is 18.8 Å². The zero-order valence-corrected chi connectivity index (χ0v) is 18.0. The minimum atomic E-state index is -0.0657. The van der Waals surface area contributed by atoms with Gasteiger partial charge < -0.3 is 18.9 Å². The lowest BCUT2D eigenvalue weighted by Crippen LogP contribution is -2.36. The Balaban J connectivity index is 1.53. The van der Waals surface area contributed by atoms with Crippen molar-refractivity contribution in [1.29, 1.82) is 0 Å². The van der Waals surface area contributed by atoms with Gasteiger partial charge in [-0.1, -0.05) is 30.1 Å². The second-order valence-corrected chi connectivity index (χ2v) is 7.82. The molecule has 1 aliphatic heterocycles. The number of hydrogen-bond acceptors (Lipinski definition) is 5. The number of carbonyl (C=O) groups is 1. The number of nitrogens with zero attached hydrogens (tertiary/aromatic N) is 2. The van der Waals surface area contributed by atoms with Crippen LogP contribution in [0.4, 0.5) is 0 Å². The molecule has 1 fully saturated rings. The summed E-state index contributed by atoms with van der Waals surface area (Å²) in [7, 11) is 3.28. The van der Waals surface area contributed by atoms with Crippen LogP contribution in [-0.2, 0) is 11.2 Å². The number of amides is 1. The van der Waals surface area contributed by atoms with Gasteiger partial charge in [-0.3, -0.25) is 4.79 Å². The zero-order valence-electron chi connectivity index (χ0n) is 18.0. The van der Waals surface area contributed by atoms with Crippen LogP contribution in [0.1, 0.15) is 43.0 Å². The maximum Gasteiger partial charge on any atom is 0.227 e. The van der Waals surface area contributed by atoms with Gasteiger partial charge in [-0.15, -0.1) is 0 Å². The van der Waals surface area contributed by atoms with E-state index in [2.05, 4.69) is 5.16 Å². The Morgan fingerprint density at radius 1 is 1.00 bits per heavy atom. The summed E-state index contributed by atoms with van der Waals surface area (Å²) in [6, 6.07) is 17.3. The van der Waals surface area contributed by atoms with Crippen LogP contribution in [0.15, 0.2) is 59.1 Å². The Kier molecular flexibility index (Phi) is 6.55. The van der Waals surface area contributed by atoms with Crippen molar-refractivity contribution in [3.8, 4) is 22.8 Å². The van der Waals surface area contributed by atoms with Gasteiger partial charge in [0.15, 0.2) is 5.76 Å². The van der Waals surface area contributed by atoms with Gasteiger partial charge in [0.25, 0.3) is 0 Å². The van der Waals surface area contributed by atoms with Crippen LogP contribution in [0.25, 0.3) is 11.3 Å². The Morgan fingerprint density at radius 2 is 1.68 bits per heavy atom. The third kappa shape index (κ3) is 4.90. The molecular weight excluding hydrogens is 392 g/mol. The predicted octanol–water partition coefficient (Wildman–Crippen LogP) is 5.05. The smallest absolute Gasteiger partial charge is 0.227 e. The molecule has 1 aromatic heterocycles. The monoisotopic (exact) mass is 420 g/mol. The van der Waals surface area contributed by atoms with Gasteiger partial charge in [0, 0.05) is 18.2 Å². The van der Waals surface area contributed by atoms with E-state index in [9.17, 15) is 4.79 Å². The van der Waals surface area contributed by atoms with Gasteiger partial charge >= 0.3 is 0 Å². The number of carbonyl (C=O) groups excluding carboxylic acids is 1. The summed E-state index contributed by atoms with van der Waals surface area (Å²) in [5.41, 5.74) is 2.73. The van der Waals surface area contributed by atoms with Gasteiger partial charge in [-0.2, -0.15) is 0 Å². The summed E-state index contributed by atoms with van der Waals surface area (Å²) in [6.45, 7) is 0.740. The van der Waals surface area contributed by atoms with Crippen LogP contribution >= 0.6 is 0 Å². The lowest BCUT2D eigenvalue weighted by atomic mass is 10.0. The molecule has 1 atom stereocenters. The van der Waals surface area contributed by atoms with Crippen molar-refractivity contribution in [2.75, 3.05) is 20.8 Å². The van der Waals surface area contributed by atoms with E-state index in [1.165, 1.54) is 0 Å². The fourth-order valence-corrected chi connectivity index (χ4v) is 4.07. The molecule has 1 saturated heterocycles. The van der Waals surface area contributed by atoms with Crippen LogP contribution in [0.3, 0.4) is 0 Å². The summed E-state index contributed by atoms with van der Waals surface area (Å²) in [4.78, 5) is 15.2. The van der Waals surface area contributed by atoms with Crippen LogP contribution in [0.5, 0.6) is 11.5 Å². The minimum absolute atomic E-state index is 0.0657. The highest BCUT2D eigenvalue weighted by Gasteiger charge is 2.29. The van der Waals surface area contributed by atoms with Gasteiger partial charge in [-0.25, -0.2) is 0 Å². The van der Waals surface area contributed by atoms with E-state index in [4.69, 9.17) is 14.0 Å². The third-order valence-corrected chi connectivity index (χ3v) is 5.83. The van der Waals surface area contributed by atoms with Crippen LogP contribution < -0.4 is 9.47 Å². The number of hydrogen-bond donors (Lipinski definition) is 0. The minimum Gasteiger partial charge on any atom is -0.497 e. The first-order chi connectivity index (χ1) is 15.2. The van der Waals surface area contributed by atoms with Crippen molar-refractivity contribution in [2.45, 2.75) is 38.1 Å². The number of rotatable bonds is 6. The molecule has 162 valence electrons. The molecule has 1 aliphatic rings. The second kappa shape index (κ2) is 9.69. The first-order valence-electron chi connectivity index (χ1n) is 10.7. The van der Waals surface area contributed by atoms with E-state index >= 15 is 0 Å². The van der Waals surface area contributed by atoms with E-state index in [-0.39, 0.29) is 11.9 Å². The molecule has 2 heterocycles. The summed E-state index contributed by atoms with van der Waals surface area (Å²) in [5.74, 6) is 2.40. The van der Waals surface area contributed by atoms with Gasteiger partial charge in [0.2, 0.25) is 5.91 Å². The maximum atomic E-state index is 13.2. The number of aromatic nitrogens is 1. The Bertz CT molecular complexity index is 995. The van der Waals surface area contributed by atoms with E-state index in [1.807, 2.05) is 59.5 Å². The largest absolute Gasteiger partial charge is 0.497 e. The van der Waals surface area contributed by atoms with E-state index in [0.717, 1.165) is 60.5 Å². The number of likely N-dealkylation sites (tertiary alicyclic amines) is 1. The molecule has 6 heteroatoms. The van der Waals surface area contributed by atoms with E-state index < -0.39 is 0 Å². The molecule has 0 saturated carbocycles. The highest BCUT2D eigenvalue weighted by atomic mass is 16.5. The lowest BCUT2D eigenvalue weighted by Gasteiger charge is -2.28. The average Bonchev–Trinajstić information content (AvgIpc) is 3.17. The number of benzene rings is 2. The van der Waals surface area contributed by atoms with Gasteiger partial charge in [-0.05, 0) is 54.8 Å². The second-order valence-electron chi connectivity index (χ2n) is 7.82. The van der Waals surface area contributed by atoms with Crippen molar-refractivity contribution in [2.24, 2.45) is 0 Å². The number of ether oxygens (including phenoxy) is 2. The van der Waals surface area contributed by atoms with Gasteiger partial charge in [0.05, 0.1) is 26.7 Å². The quantitative estimate of drug-likeness (QED) is 0.559. The molecule has 2 aromatic carbocycles. The molecule has 1 amide bonds. The Labute approximate surface area is 182 Å². The molecule has 4 rings (SSSR count). The normalized spacial score (nSPS) is 16.6. The van der Waals surface area contributed by atoms with Crippen LogP contribution in [0.2, 0.25) is 0 Å². The summed E-state index contributed by atoms with van der Waals surface area (Å²) in [5, 5.41) is 4.35. The van der Waals surface area contributed by atoms with Crippen LogP contribution in [-0.4, -0.2) is 36.7 Å². The molecule has 3 aromatic rings. The fraction of sp³-hybridized carbons (Fsp3) is 0.360. The van der Waals surface area contributed by atoms with Crippen molar-refractivity contribution >= 4 is 5.91 Å². The summed E-state index contributed by atoms with van der Waals surface area (Å²) < 4.78 is 16.1. The lowest BCUT2D eigenvalue weighted by molar-refractivity contribution is -0.133. The van der Waals surface area contributed by atoms with Crippen molar-refractivity contribution in [3.63, 3.8) is 0 Å². The predicted molar refractivity (Wildman–Crippen MR) is 118 cm³/mol. The third-order valence-electron chi connectivity index (χ3n) is 5.83. The molecule has 0 spiro atoms. The molecule has 0 unspecified atom stereocenters. The molecular formula is C25H28N2O4. The molecule has 0 bridgehead atoms. The molecule has 0 N–H and O–H groups in total. The zero-order chi connectivity index (χ0) is 21.6. The SMILES string of the molecule is COc1ccc(CC(=O)N2CCCCC[C@@H]2c2cc(-c3ccc(OC)cc3)on2)cc1. The molecule has 6 nitrogen and oxygen atoms in total. The van der Waals surface area contributed by atoms with Gasteiger partial charge in [0.1, 0.15) is 17.2 Å². The number of methoxy groups -OCH3 is 2. The average molecular weight is 421 g/mol. The molecule has 31 heavy (non-hydrogen) atoms. The molecule has 0 aliphatic carbocycles. The molecule has 0 radical (unpaired) electrons. The van der Waals surface area contributed by atoms with E-state index in [1.54, 1.807) is 14.2 Å². The highest BCUT2D eigenvalue weighted by Crippen LogP contribution is 2.33. The van der Waals surface area contributed by atoms with Crippen LogP contribution in [0, 0.1) is 0 Å². The summed E-state index contributed by atoms with van der Waals surface area (Å²) in [6.07, 6.45) is 4.45. The first kappa shape index (κ1) is 21.0. The maximum absolute atomic E-state index is 13.2. The highest BCUT2D eigenvalue weighted by molar-refractivity contribution is 5.79. The topological polar surface area (TPSA) is 64.8 Å². The standard InChI is InChI=1S/C25H28N2O4/c1-29-20-11-7-18(8-12-20)16-25(28)27-15-5-3-4-6-23(27)22-17-24(31-26-22)19-9-13-21(30-2)14-10-19/h7-14,17,23H,3-6,15-16H2,1-2H3/t23-/m1/s1.